The molecule has 0 radical (unpaired) electrons. The van der Waals surface area contributed by atoms with Crippen molar-refractivity contribution in [1.29, 1.82) is 5.26 Å². The Labute approximate surface area is 167 Å². The van der Waals surface area contributed by atoms with Crippen LogP contribution >= 0.6 is 0 Å². The Balaban J connectivity index is 2.13. The highest BCUT2D eigenvalue weighted by atomic mass is 19.4. The van der Waals surface area contributed by atoms with E-state index in [2.05, 4.69) is 15.5 Å². The van der Waals surface area contributed by atoms with E-state index in [9.17, 15) is 23.2 Å². The van der Waals surface area contributed by atoms with Gasteiger partial charge in [0, 0.05) is 30.7 Å². The number of amides is 1. The van der Waals surface area contributed by atoms with Gasteiger partial charge in [0.2, 0.25) is 0 Å². The van der Waals surface area contributed by atoms with Gasteiger partial charge in [-0.05, 0) is 50.2 Å². The lowest BCUT2D eigenvalue weighted by Gasteiger charge is -2.21. The summed E-state index contributed by atoms with van der Waals surface area (Å²) in [5.41, 5.74) is -0.0706. The van der Waals surface area contributed by atoms with E-state index in [1.807, 2.05) is 26.0 Å². The van der Waals surface area contributed by atoms with Gasteiger partial charge in [-0.3, -0.25) is 4.79 Å². The summed E-state index contributed by atoms with van der Waals surface area (Å²) >= 11 is 0. The van der Waals surface area contributed by atoms with Crippen LogP contribution in [-0.4, -0.2) is 19.0 Å². The predicted octanol–water partition coefficient (Wildman–Crippen LogP) is 5.01. The Bertz CT molecular complexity index is 911. The normalized spacial score (nSPS) is 11.5. The molecule has 2 rings (SSSR count). The van der Waals surface area contributed by atoms with Crippen LogP contribution in [0.2, 0.25) is 0 Å². The second-order valence-electron chi connectivity index (χ2n) is 6.03. The van der Waals surface area contributed by atoms with Gasteiger partial charge in [-0.25, -0.2) is 0 Å². The molecule has 2 N–H and O–H groups in total. The van der Waals surface area contributed by atoms with Crippen LogP contribution in [0.5, 0.6) is 0 Å². The van der Waals surface area contributed by atoms with Gasteiger partial charge in [0.25, 0.3) is 5.91 Å². The number of hydrogen-bond acceptors (Lipinski definition) is 4. The number of hydrogen-bond donors (Lipinski definition) is 2. The van der Waals surface area contributed by atoms with Gasteiger partial charge < -0.3 is 15.5 Å². The van der Waals surface area contributed by atoms with Gasteiger partial charge in [-0.2, -0.15) is 18.4 Å². The van der Waals surface area contributed by atoms with Gasteiger partial charge >= 0.3 is 6.18 Å². The number of carbonyl (C=O) groups is 1. The highest BCUT2D eigenvalue weighted by molar-refractivity contribution is 6.07. The van der Waals surface area contributed by atoms with E-state index < -0.39 is 23.3 Å². The molecular weight excluding hydrogens is 381 g/mol. The number of rotatable bonds is 7. The zero-order valence-electron chi connectivity index (χ0n) is 16.0. The fraction of sp³-hybridized carbons (Fsp3) is 0.238. The minimum atomic E-state index is -4.62. The van der Waals surface area contributed by atoms with Crippen molar-refractivity contribution >= 4 is 23.0 Å². The molecule has 0 bridgehead atoms. The smallest absolute Gasteiger partial charge is 0.372 e. The monoisotopic (exact) mass is 402 g/mol. The van der Waals surface area contributed by atoms with E-state index in [1.54, 1.807) is 18.2 Å². The molecule has 0 atom stereocenters. The zero-order valence-corrected chi connectivity index (χ0v) is 16.0. The number of anilines is 3. The Hall–Kier alpha value is -3.47. The second-order valence-corrected chi connectivity index (χ2v) is 6.03. The Kier molecular flexibility index (Phi) is 7.26. The minimum Gasteiger partial charge on any atom is -0.372 e. The Morgan fingerprint density at radius 2 is 1.72 bits per heavy atom. The number of alkyl halides is 3. The average molecular weight is 402 g/mol. The van der Waals surface area contributed by atoms with E-state index >= 15 is 0 Å². The quantitative estimate of drug-likeness (QED) is 0.505. The van der Waals surface area contributed by atoms with Crippen molar-refractivity contribution < 1.29 is 18.0 Å². The molecule has 8 heteroatoms. The highest BCUT2D eigenvalue weighted by Gasteiger charge is 2.33. The lowest BCUT2D eigenvalue weighted by molar-refractivity contribution is -0.137. The lowest BCUT2D eigenvalue weighted by atomic mass is 10.1. The molecule has 0 aliphatic carbocycles. The van der Waals surface area contributed by atoms with Crippen molar-refractivity contribution in [3.05, 3.63) is 65.9 Å². The maximum absolute atomic E-state index is 13.0. The standard InChI is InChI=1S/C21H21F3N4O/c1-3-28(4-2)17-11-9-16(10-12-17)26-14-15(13-25)20(29)27-19-8-6-5-7-18(19)21(22,23)24/h5-12,14,26H,3-4H2,1-2H3,(H,27,29)/b15-14-. The molecule has 152 valence electrons. The topological polar surface area (TPSA) is 68.2 Å². The summed E-state index contributed by atoms with van der Waals surface area (Å²) in [6.07, 6.45) is -3.46. The molecule has 0 heterocycles. The fourth-order valence-corrected chi connectivity index (χ4v) is 2.69. The van der Waals surface area contributed by atoms with Gasteiger partial charge in [-0.1, -0.05) is 12.1 Å². The van der Waals surface area contributed by atoms with Crippen LogP contribution < -0.4 is 15.5 Å². The number of nitrogens with zero attached hydrogens (tertiary/aromatic N) is 2. The first kappa shape index (κ1) is 21.8. The van der Waals surface area contributed by atoms with Crippen molar-refractivity contribution in [3.63, 3.8) is 0 Å². The van der Waals surface area contributed by atoms with Gasteiger partial charge in [0.1, 0.15) is 11.6 Å². The molecule has 0 fully saturated rings. The molecule has 29 heavy (non-hydrogen) atoms. The third kappa shape index (κ3) is 5.75. The summed E-state index contributed by atoms with van der Waals surface area (Å²) in [7, 11) is 0. The van der Waals surface area contributed by atoms with Crippen molar-refractivity contribution in [3.8, 4) is 6.07 Å². The second kappa shape index (κ2) is 9.64. The number of nitriles is 1. The van der Waals surface area contributed by atoms with Gasteiger partial charge in [0.05, 0.1) is 11.3 Å². The summed E-state index contributed by atoms with van der Waals surface area (Å²) in [4.78, 5) is 14.4. The first-order valence-corrected chi connectivity index (χ1v) is 8.99. The molecule has 0 aliphatic rings. The summed E-state index contributed by atoms with van der Waals surface area (Å²) in [5.74, 6) is -0.934. The number of nitrogens with one attached hydrogen (secondary N) is 2. The molecule has 0 aliphatic heterocycles. The lowest BCUT2D eigenvalue weighted by Crippen LogP contribution is -2.21. The van der Waals surface area contributed by atoms with Crippen LogP contribution in [0, 0.1) is 11.3 Å². The first-order valence-electron chi connectivity index (χ1n) is 8.99. The molecule has 0 unspecified atom stereocenters. The minimum absolute atomic E-state index is 0.352. The van der Waals surface area contributed by atoms with E-state index in [0.717, 1.165) is 37.1 Å². The molecule has 2 aromatic rings. The van der Waals surface area contributed by atoms with E-state index in [0.29, 0.717) is 5.69 Å². The molecule has 0 aromatic heterocycles. The molecular formula is C21H21F3N4O. The van der Waals surface area contributed by atoms with Crippen molar-refractivity contribution in [2.75, 3.05) is 28.6 Å². The summed E-state index contributed by atoms with van der Waals surface area (Å²) in [6.45, 7) is 5.82. The average Bonchev–Trinajstić information content (AvgIpc) is 2.70. The van der Waals surface area contributed by atoms with Crippen LogP contribution in [0.25, 0.3) is 0 Å². The maximum atomic E-state index is 13.0. The molecule has 0 spiro atoms. The van der Waals surface area contributed by atoms with E-state index in [1.165, 1.54) is 12.1 Å². The van der Waals surface area contributed by atoms with Crippen LogP contribution in [0.1, 0.15) is 19.4 Å². The van der Waals surface area contributed by atoms with Crippen LogP contribution in [0.15, 0.2) is 60.3 Å². The zero-order chi connectivity index (χ0) is 21.4. The predicted molar refractivity (Wildman–Crippen MR) is 107 cm³/mol. The highest BCUT2D eigenvalue weighted by Crippen LogP contribution is 2.34. The fourth-order valence-electron chi connectivity index (χ4n) is 2.69. The van der Waals surface area contributed by atoms with Gasteiger partial charge in [-0.15, -0.1) is 0 Å². The molecule has 1 amide bonds. The number of carbonyl (C=O) groups excluding carboxylic acids is 1. The van der Waals surface area contributed by atoms with E-state index in [4.69, 9.17) is 0 Å². The van der Waals surface area contributed by atoms with Crippen molar-refractivity contribution in [1.82, 2.24) is 0 Å². The largest absolute Gasteiger partial charge is 0.418 e. The SMILES string of the molecule is CCN(CC)c1ccc(N/C=C(/C#N)C(=O)Nc2ccccc2C(F)(F)F)cc1. The number of benzene rings is 2. The molecule has 0 saturated carbocycles. The van der Waals surface area contributed by atoms with E-state index in [-0.39, 0.29) is 5.57 Å². The van der Waals surface area contributed by atoms with Crippen LogP contribution in [0.3, 0.4) is 0 Å². The van der Waals surface area contributed by atoms with Crippen LogP contribution in [-0.2, 0) is 11.0 Å². The summed E-state index contributed by atoms with van der Waals surface area (Å²) in [6, 6.07) is 13.7. The third-order valence-electron chi connectivity index (χ3n) is 4.22. The Morgan fingerprint density at radius 3 is 2.28 bits per heavy atom. The van der Waals surface area contributed by atoms with Crippen molar-refractivity contribution in [2.45, 2.75) is 20.0 Å². The van der Waals surface area contributed by atoms with Crippen LogP contribution in [0.4, 0.5) is 30.2 Å². The first-order chi connectivity index (χ1) is 13.8. The number of para-hydroxylation sites is 1. The van der Waals surface area contributed by atoms with Gasteiger partial charge in [0.15, 0.2) is 0 Å². The molecule has 0 saturated heterocycles. The number of halogens is 3. The maximum Gasteiger partial charge on any atom is 0.418 e. The molecule has 5 nitrogen and oxygen atoms in total. The van der Waals surface area contributed by atoms with Crippen molar-refractivity contribution in [2.24, 2.45) is 0 Å². The summed E-state index contributed by atoms with van der Waals surface area (Å²) < 4.78 is 39.1. The third-order valence-corrected chi connectivity index (χ3v) is 4.22. The Morgan fingerprint density at radius 1 is 1.10 bits per heavy atom. The molecule has 2 aromatic carbocycles. The summed E-state index contributed by atoms with van der Waals surface area (Å²) in [5, 5.41) is 14.2.